The fourth-order valence-corrected chi connectivity index (χ4v) is 1.38. The molecule has 0 spiro atoms. The van der Waals surface area contributed by atoms with Crippen LogP contribution in [0.2, 0.25) is 0 Å². The highest BCUT2D eigenvalue weighted by atomic mass is 16.5. The molecule has 1 aromatic carbocycles. The van der Waals surface area contributed by atoms with Gasteiger partial charge in [0.15, 0.2) is 0 Å². The lowest BCUT2D eigenvalue weighted by atomic mass is 10.2. The Balaban J connectivity index is 2.20. The van der Waals surface area contributed by atoms with Crippen LogP contribution in [-0.4, -0.2) is 26.9 Å². The van der Waals surface area contributed by atoms with Crippen molar-refractivity contribution in [2.24, 2.45) is 5.73 Å². The lowest BCUT2D eigenvalue weighted by molar-refractivity contribution is 0.127. The molecule has 0 bridgehead atoms. The first kappa shape index (κ1) is 11.6. The van der Waals surface area contributed by atoms with Crippen LogP contribution in [0.4, 0.5) is 0 Å². The molecule has 90 valence electrons. The predicted octanol–water partition coefficient (Wildman–Crippen LogP) is 0.824. The molecule has 0 aliphatic heterocycles. The van der Waals surface area contributed by atoms with Gasteiger partial charge in [0, 0.05) is 5.56 Å². The van der Waals surface area contributed by atoms with Crippen LogP contribution >= 0.6 is 0 Å². The monoisotopic (exact) mass is 235 g/mol. The zero-order chi connectivity index (χ0) is 12.3. The summed E-state index contributed by atoms with van der Waals surface area (Å²) in [5.41, 5.74) is 6.03. The Bertz CT molecular complexity index is 481. The van der Waals surface area contributed by atoms with Gasteiger partial charge in [-0.2, -0.15) is 4.98 Å². The molecule has 1 heterocycles. The molecule has 2 rings (SSSR count). The predicted molar refractivity (Wildman–Crippen MR) is 60.0 cm³/mol. The third kappa shape index (κ3) is 2.61. The van der Waals surface area contributed by atoms with Crippen molar-refractivity contribution in [2.45, 2.75) is 12.5 Å². The third-order valence-corrected chi connectivity index (χ3v) is 2.29. The van der Waals surface area contributed by atoms with Crippen LogP contribution < -0.4 is 5.73 Å². The van der Waals surface area contributed by atoms with Crippen LogP contribution in [0.1, 0.15) is 18.4 Å². The first-order chi connectivity index (χ1) is 8.20. The van der Waals surface area contributed by atoms with Gasteiger partial charge in [0.2, 0.25) is 5.82 Å². The van der Waals surface area contributed by atoms with E-state index in [0.29, 0.717) is 24.4 Å². The van der Waals surface area contributed by atoms with Crippen molar-refractivity contribution in [1.29, 1.82) is 0 Å². The van der Waals surface area contributed by atoms with Crippen molar-refractivity contribution in [2.75, 3.05) is 6.54 Å². The van der Waals surface area contributed by atoms with Crippen LogP contribution in [0.15, 0.2) is 28.8 Å². The molecule has 0 saturated heterocycles. The summed E-state index contributed by atoms with van der Waals surface area (Å²) in [5, 5.41) is 22.5. The van der Waals surface area contributed by atoms with Crippen molar-refractivity contribution in [3.05, 3.63) is 30.2 Å². The molecule has 4 N–H and O–H groups in total. The van der Waals surface area contributed by atoms with Gasteiger partial charge in [-0.3, -0.25) is 0 Å². The minimum atomic E-state index is -0.835. The van der Waals surface area contributed by atoms with Gasteiger partial charge in [-0.05, 0) is 37.2 Å². The molecule has 6 nitrogen and oxygen atoms in total. The van der Waals surface area contributed by atoms with E-state index in [2.05, 4.69) is 10.1 Å². The maximum absolute atomic E-state index is 9.61. The minimum Gasteiger partial charge on any atom is -0.508 e. The summed E-state index contributed by atoms with van der Waals surface area (Å²) in [4.78, 5) is 4.06. The Hall–Kier alpha value is -1.92. The van der Waals surface area contributed by atoms with Crippen molar-refractivity contribution >= 4 is 0 Å². The second-order valence-electron chi connectivity index (χ2n) is 3.60. The lowest BCUT2D eigenvalue weighted by Crippen LogP contribution is -2.06. The van der Waals surface area contributed by atoms with Crippen molar-refractivity contribution in [1.82, 2.24) is 10.1 Å². The topological polar surface area (TPSA) is 105 Å². The molecule has 0 aliphatic rings. The fraction of sp³-hybridized carbons (Fsp3) is 0.273. The second kappa shape index (κ2) is 4.94. The number of phenols is 1. The molecule has 0 radical (unpaired) electrons. The summed E-state index contributed by atoms with van der Waals surface area (Å²) in [6.07, 6.45) is -0.463. The first-order valence-electron chi connectivity index (χ1n) is 5.22. The van der Waals surface area contributed by atoms with E-state index in [1.807, 2.05) is 0 Å². The average Bonchev–Trinajstić information content (AvgIpc) is 2.80. The van der Waals surface area contributed by atoms with Crippen LogP contribution in [0.5, 0.6) is 5.75 Å². The number of aliphatic hydroxyl groups is 1. The molecule has 1 unspecified atom stereocenters. The Morgan fingerprint density at radius 1 is 1.29 bits per heavy atom. The lowest BCUT2D eigenvalue weighted by Gasteiger charge is -2.00. The molecule has 0 fully saturated rings. The minimum absolute atomic E-state index is 0.151. The van der Waals surface area contributed by atoms with Gasteiger partial charge in [-0.25, -0.2) is 0 Å². The Labute approximate surface area is 97.7 Å². The van der Waals surface area contributed by atoms with Crippen molar-refractivity contribution in [3.8, 4) is 17.1 Å². The Morgan fingerprint density at radius 3 is 2.65 bits per heavy atom. The number of aromatic nitrogens is 2. The van der Waals surface area contributed by atoms with Gasteiger partial charge in [-0.1, -0.05) is 5.16 Å². The highest BCUT2D eigenvalue weighted by Gasteiger charge is 2.15. The van der Waals surface area contributed by atoms with Crippen molar-refractivity contribution in [3.63, 3.8) is 0 Å². The third-order valence-electron chi connectivity index (χ3n) is 2.29. The SMILES string of the molecule is NCCC(O)c1nc(-c2ccc(O)cc2)no1. The van der Waals surface area contributed by atoms with E-state index in [1.165, 1.54) is 12.1 Å². The summed E-state index contributed by atoms with van der Waals surface area (Å²) in [5.74, 6) is 0.690. The highest BCUT2D eigenvalue weighted by Crippen LogP contribution is 2.21. The maximum Gasteiger partial charge on any atom is 0.255 e. The van der Waals surface area contributed by atoms with E-state index in [1.54, 1.807) is 12.1 Å². The number of nitrogens with two attached hydrogens (primary N) is 1. The van der Waals surface area contributed by atoms with Crippen molar-refractivity contribution < 1.29 is 14.7 Å². The van der Waals surface area contributed by atoms with Gasteiger partial charge in [0.05, 0.1) is 0 Å². The molecule has 0 amide bonds. The molecule has 17 heavy (non-hydrogen) atoms. The van der Waals surface area contributed by atoms with E-state index in [-0.39, 0.29) is 11.6 Å². The molecular weight excluding hydrogens is 222 g/mol. The quantitative estimate of drug-likeness (QED) is 0.724. The van der Waals surface area contributed by atoms with Crippen LogP contribution in [0, 0.1) is 0 Å². The van der Waals surface area contributed by atoms with Crippen LogP contribution in [-0.2, 0) is 0 Å². The molecule has 0 aliphatic carbocycles. The number of rotatable bonds is 4. The fourth-order valence-electron chi connectivity index (χ4n) is 1.38. The highest BCUT2D eigenvalue weighted by molar-refractivity contribution is 5.55. The number of aliphatic hydroxyl groups excluding tert-OH is 1. The second-order valence-corrected chi connectivity index (χ2v) is 3.60. The number of phenolic OH excluding ortho intramolecular Hbond substituents is 1. The van der Waals surface area contributed by atoms with Gasteiger partial charge in [0.25, 0.3) is 5.89 Å². The summed E-state index contributed by atoms with van der Waals surface area (Å²) < 4.78 is 4.93. The number of aromatic hydroxyl groups is 1. The number of nitrogens with zero attached hydrogens (tertiary/aromatic N) is 2. The van der Waals surface area contributed by atoms with E-state index in [4.69, 9.17) is 15.4 Å². The molecule has 6 heteroatoms. The van der Waals surface area contributed by atoms with E-state index < -0.39 is 6.10 Å². The van der Waals surface area contributed by atoms with Crippen LogP contribution in [0.25, 0.3) is 11.4 Å². The Kier molecular flexibility index (Phi) is 3.36. The van der Waals surface area contributed by atoms with E-state index in [0.717, 1.165) is 0 Å². The summed E-state index contributed by atoms with van der Waals surface area (Å²) in [6.45, 7) is 0.345. The molecule has 1 aromatic heterocycles. The summed E-state index contributed by atoms with van der Waals surface area (Å²) >= 11 is 0. The number of hydrogen-bond donors (Lipinski definition) is 3. The standard InChI is InChI=1S/C11H13N3O3/c12-6-5-9(16)11-13-10(14-17-11)7-1-3-8(15)4-2-7/h1-4,9,15-16H,5-6,12H2. The number of hydrogen-bond acceptors (Lipinski definition) is 6. The number of benzene rings is 1. The normalized spacial score (nSPS) is 12.6. The van der Waals surface area contributed by atoms with Crippen LogP contribution in [0.3, 0.4) is 0 Å². The summed E-state index contributed by atoms with van der Waals surface area (Å²) in [6, 6.07) is 6.39. The largest absolute Gasteiger partial charge is 0.508 e. The molecule has 2 aromatic rings. The zero-order valence-electron chi connectivity index (χ0n) is 9.08. The van der Waals surface area contributed by atoms with Gasteiger partial charge >= 0.3 is 0 Å². The van der Waals surface area contributed by atoms with E-state index in [9.17, 15) is 5.11 Å². The molecule has 0 saturated carbocycles. The van der Waals surface area contributed by atoms with E-state index >= 15 is 0 Å². The maximum atomic E-state index is 9.61. The van der Waals surface area contributed by atoms with Gasteiger partial charge < -0.3 is 20.5 Å². The van der Waals surface area contributed by atoms with Gasteiger partial charge in [-0.15, -0.1) is 0 Å². The Morgan fingerprint density at radius 2 is 2.00 bits per heavy atom. The average molecular weight is 235 g/mol. The molecular formula is C11H13N3O3. The molecule has 1 atom stereocenters. The summed E-state index contributed by atoms with van der Waals surface area (Å²) in [7, 11) is 0. The first-order valence-corrected chi connectivity index (χ1v) is 5.22. The van der Waals surface area contributed by atoms with Gasteiger partial charge in [0.1, 0.15) is 11.9 Å². The zero-order valence-corrected chi connectivity index (χ0v) is 9.08. The smallest absolute Gasteiger partial charge is 0.255 e.